The zero-order chi connectivity index (χ0) is 20.5. The van der Waals surface area contributed by atoms with Crippen LogP contribution in [0.1, 0.15) is 25.7 Å². The number of anilines is 2. The molecule has 0 saturated carbocycles. The second kappa shape index (κ2) is 7.62. The predicted molar refractivity (Wildman–Crippen MR) is 116 cm³/mol. The van der Waals surface area contributed by atoms with E-state index in [-0.39, 0.29) is 22.7 Å². The smallest absolute Gasteiger partial charge is 0.260 e. The molecule has 0 spiro atoms. The Morgan fingerprint density at radius 1 is 1.17 bits per heavy atom. The largest absolute Gasteiger partial charge is 0.495 e. The second-order valence-corrected chi connectivity index (χ2v) is 7.58. The maximum absolute atomic E-state index is 13.1. The van der Waals surface area contributed by atoms with Crippen molar-refractivity contribution in [3.8, 4) is 5.75 Å². The van der Waals surface area contributed by atoms with E-state index < -0.39 is 5.91 Å². The van der Waals surface area contributed by atoms with Crippen LogP contribution >= 0.6 is 22.9 Å². The number of nitrogens with one attached hydrogen (secondary N) is 1. The lowest BCUT2D eigenvalue weighted by Gasteiger charge is -2.10. The highest BCUT2D eigenvalue weighted by molar-refractivity contribution is 7.12. The average molecular weight is 426 g/mol. The number of nitrogens with two attached hydrogens (primary N) is 1. The molecular formula is C21H16ClN3O3S. The average Bonchev–Trinajstić information content (AvgIpc) is 3.33. The van der Waals surface area contributed by atoms with Crippen molar-refractivity contribution < 1.29 is 14.3 Å². The van der Waals surface area contributed by atoms with Crippen LogP contribution in [0.4, 0.5) is 11.4 Å². The van der Waals surface area contributed by atoms with Crippen molar-refractivity contribution in [3.63, 3.8) is 0 Å². The number of fused-ring (bicyclic) bond motifs is 1. The molecule has 4 rings (SSSR count). The number of hydrogen-bond donors (Lipinski definition) is 2. The van der Waals surface area contributed by atoms with E-state index in [9.17, 15) is 9.59 Å². The van der Waals surface area contributed by atoms with Crippen LogP contribution in [0.5, 0.6) is 5.75 Å². The number of amides is 1. The molecule has 0 atom stereocenters. The molecule has 0 aliphatic rings. The van der Waals surface area contributed by atoms with Gasteiger partial charge in [0, 0.05) is 11.2 Å². The van der Waals surface area contributed by atoms with Crippen molar-refractivity contribution in [2.45, 2.75) is 0 Å². The van der Waals surface area contributed by atoms with E-state index in [0.717, 1.165) is 0 Å². The van der Waals surface area contributed by atoms with E-state index in [2.05, 4.69) is 5.32 Å². The fourth-order valence-corrected chi connectivity index (χ4v) is 4.02. The van der Waals surface area contributed by atoms with Gasteiger partial charge in [-0.3, -0.25) is 9.59 Å². The van der Waals surface area contributed by atoms with E-state index in [0.29, 0.717) is 26.9 Å². The van der Waals surface area contributed by atoms with Gasteiger partial charge >= 0.3 is 0 Å². The molecule has 29 heavy (non-hydrogen) atoms. The number of ether oxygens (including phenoxy) is 1. The lowest BCUT2D eigenvalue weighted by molar-refractivity contribution is 0.102. The fraction of sp³-hybridized carbons (Fsp3) is 0.0476. The van der Waals surface area contributed by atoms with Crippen LogP contribution in [0.2, 0.25) is 5.02 Å². The number of nitrogen functional groups attached to an aromatic ring is 1. The van der Waals surface area contributed by atoms with Crippen LogP contribution in [0.15, 0.2) is 60.1 Å². The molecule has 0 bridgehead atoms. The molecule has 0 radical (unpaired) electrons. The number of halogens is 1. The van der Waals surface area contributed by atoms with E-state index >= 15 is 0 Å². The first kappa shape index (κ1) is 19.0. The van der Waals surface area contributed by atoms with Crippen LogP contribution in [-0.4, -0.2) is 23.2 Å². The number of nitrogens with zero attached hydrogens (tertiary/aromatic N) is 1. The first-order valence-corrected chi connectivity index (χ1v) is 9.88. The predicted octanol–water partition coefficient (Wildman–Crippen LogP) is 4.73. The summed E-state index contributed by atoms with van der Waals surface area (Å²) in [6.45, 7) is 0. The maximum Gasteiger partial charge on any atom is 0.260 e. The number of benzene rings is 1. The number of pyridine rings is 1. The summed E-state index contributed by atoms with van der Waals surface area (Å²) >= 11 is 7.37. The van der Waals surface area contributed by atoms with Crippen molar-refractivity contribution in [1.29, 1.82) is 0 Å². The summed E-state index contributed by atoms with van der Waals surface area (Å²) in [6, 6.07) is 13.7. The first-order valence-electron chi connectivity index (χ1n) is 8.63. The molecule has 0 aliphatic heterocycles. The zero-order valence-corrected chi connectivity index (χ0v) is 16.9. The quantitative estimate of drug-likeness (QED) is 0.453. The normalized spacial score (nSPS) is 10.8. The van der Waals surface area contributed by atoms with E-state index in [1.165, 1.54) is 18.4 Å². The first-order chi connectivity index (χ1) is 14.0. The molecule has 1 amide bonds. The molecule has 3 N–H and O–H groups in total. The minimum atomic E-state index is -0.461. The van der Waals surface area contributed by atoms with Gasteiger partial charge in [-0.05, 0) is 41.8 Å². The van der Waals surface area contributed by atoms with E-state index in [4.69, 9.17) is 22.1 Å². The number of ketones is 1. The van der Waals surface area contributed by atoms with Crippen LogP contribution in [-0.2, 0) is 0 Å². The Labute approximate surface area is 175 Å². The van der Waals surface area contributed by atoms with Crippen LogP contribution < -0.4 is 15.8 Å². The van der Waals surface area contributed by atoms with Crippen molar-refractivity contribution in [1.82, 2.24) is 4.40 Å². The third kappa shape index (κ3) is 3.35. The number of carbonyl (C=O) groups excluding carboxylic acids is 2. The highest BCUT2D eigenvalue weighted by Gasteiger charge is 2.27. The SMILES string of the molecule is COc1ccc(Cl)cc1NC(=O)c1c(N)c(C(=O)c2cccs2)n2ccccc12. The Bertz CT molecular complexity index is 1230. The van der Waals surface area contributed by atoms with Crippen LogP contribution in [0.25, 0.3) is 5.52 Å². The van der Waals surface area contributed by atoms with Gasteiger partial charge in [-0.2, -0.15) is 0 Å². The standard InChI is InChI=1S/C21H16ClN3O3S/c1-28-15-8-7-12(22)11-13(15)24-21(27)17-14-5-2-3-9-25(14)19(18(17)23)20(26)16-6-4-10-29-16/h2-11H,23H2,1H3,(H,24,27). The Balaban J connectivity index is 1.83. The monoisotopic (exact) mass is 425 g/mol. The topological polar surface area (TPSA) is 85.8 Å². The highest BCUT2D eigenvalue weighted by Crippen LogP contribution is 2.32. The zero-order valence-electron chi connectivity index (χ0n) is 15.3. The summed E-state index contributed by atoms with van der Waals surface area (Å²) in [5.74, 6) is -0.241. The number of thiophene rings is 1. The number of carbonyl (C=O) groups is 2. The van der Waals surface area contributed by atoms with Gasteiger partial charge in [-0.1, -0.05) is 23.7 Å². The third-order valence-electron chi connectivity index (χ3n) is 4.48. The van der Waals surface area contributed by atoms with E-state index in [1.54, 1.807) is 59.1 Å². The van der Waals surface area contributed by atoms with Crippen LogP contribution in [0.3, 0.4) is 0 Å². The lowest BCUT2D eigenvalue weighted by Crippen LogP contribution is -2.14. The minimum Gasteiger partial charge on any atom is -0.495 e. The second-order valence-electron chi connectivity index (χ2n) is 6.20. The molecule has 0 fully saturated rings. The van der Waals surface area contributed by atoms with Gasteiger partial charge < -0.3 is 20.2 Å². The molecule has 1 aromatic carbocycles. The Morgan fingerprint density at radius 2 is 2.00 bits per heavy atom. The molecule has 0 aliphatic carbocycles. The molecule has 6 nitrogen and oxygen atoms in total. The summed E-state index contributed by atoms with van der Waals surface area (Å²) in [5, 5.41) is 5.05. The summed E-state index contributed by atoms with van der Waals surface area (Å²) in [6.07, 6.45) is 1.71. The molecule has 8 heteroatoms. The molecule has 4 aromatic rings. The van der Waals surface area contributed by atoms with Crippen LogP contribution in [0, 0.1) is 0 Å². The number of hydrogen-bond acceptors (Lipinski definition) is 5. The van der Waals surface area contributed by atoms with Gasteiger partial charge in [0.2, 0.25) is 5.78 Å². The van der Waals surface area contributed by atoms with Crippen molar-refractivity contribution in [2.24, 2.45) is 0 Å². The molecule has 0 unspecified atom stereocenters. The Kier molecular flexibility index (Phi) is 5.00. The number of methoxy groups -OCH3 is 1. The maximum atomic E-state index is 13.1. The van der Waals surface area contributed by atoms with Gasteiger partial charge in [0.15, 0.2) is 0 Å². The molecule has 3 heterocycles. The van der Waals surface area contributed by atoms with Crippen molar-refractivity contribution in [2.75, 3.05) is 18.2 Å². The third-order valence-corrected chi connectivity index (χ3v) is 5.58. The molecule has 0 saturated heterocycles. The summed E-state index contributed by atoms with van der Waals surface area (Å²) in [4.78, 5) is 26.7. The minimum absolute atomic E-state index is 0.119. The van der Waals surface area contributed by atoms with E-state index in [1.807, 2.05) is 5.38 Å². The summed E-state index contributed by atoms with van der Waals surface area (Å²) in [7, 11) is 1.50. The van der Waals surface area contributed by atoms with Gasteiger partial charge in [0.05, 0.1) is 34.4 Å². The fourth-order valence-electron chi connectivity index (χ4n) is 3.19. The molecule has 146 valence electrons. The summed E-state index contributed by atoms with van der Waals surface area (Å²) in [5.41, 5.74) is 7.85. The van der Waals surface area contributed by atoms with Gasteiger partial charge in [0.25, 0.3) is 5.91 Å². The molecule has 3 aromatic heterocycles. The Morgan fingerprint density at radius 3 is 2.72 bits per heavy atom. The Hall–Kier alpha value is -3.29. The lowest BCUT2D eigenvalue weighted by atomic mass is 10.1. The van der Waals surface area contributed by atoms with Gasteiger partial charge in [-0.15, -0.1) is 11.3 Å². The number of rotatable bonds is 5. The van der Waals surface area contributed by atoms with Gasteiger partial charge in [0.1, 0.15) is 11.4 Å². The van der Waals surface area contributed by atoms with Crippen molar-refractivity contribution >= 4 is 51.5 Å². The highest BCUT2D eigenvalue weighted by atomic mass is 35.5. The van der Waals surface area contributed by atoms with Gasteiger partial charge in [-0.25, -0.2) is 0 Å². The van der Waals surface area contributed by atoms with Crippen molar-refractivity contribution in [3.05, 3.63) is 81.3 Å². The summed E-state index contributed by atoms with van der Waals surface area (Å²) < 4.78 is 6.93. The molecular weight excluding hydrogens is 410 g/mol. The number of aromatic nitrogens is 1.